The molecule has 2 aromatic heterocycles. The molecule has 0 aliphatic carbocycles. The lowest BCUT2D eigenvalue weighted by Gasteiger charge is -2.15. The summed E-state index contributed by atoms with van der Waals surface area (Å²) in [5, 5.41) is 16.3. The molecule has 6 heteroatoms. The van der Waals surface area contributed by atoms with E-state index in [4.69, 9.17) is 23.2 Å². The van der Waals surface area contributed by atoms with E-state index in [1.54, 1.807) is 25.4 Å². The van der Waals surface area contributed by atoms with Gasteiger partial charge in [-0.25, -0.2) is 0 Å². The molecule has 1 atom stereocenters. The number of aliphatic hydroxyl groups excluding tert-OH is 1. The summed E-state index contributed by atoms with van der Waals surface area (Å²) in [6.45, 7) is 1.90. The van der Waals surface area contributed by atoms with Crippen LogP contribution in [0.5, 0.6) is 0 Å². The fraction of sp³-hybridized carbons (Fsp3) is 0.176. The van der Waals surface area contributed by atoms with Gasteiger partial charge in [-0.05, 0) is 42.3 Å². The van der Waals surface area contributed by atoms with Crippen LogP contribution in [0.25, 0.3) is 11.4 Å². The molecule has 1 aromatic carbocycles. The first-order valence-corrected chi connectivity index (χ1v) is 7.82. The third-order valence-electron chi connectivity index (χ3n) is 3.72. The third-order valence-corrected chi connectivity index (χ3v) is 4.40. The maximum atomic E-state index is 10.9. The number of hydrogen-bond donors (Lipinski definition) is 1. The van der Waals surface area contributed by atoms with Gasteiger partial charge in [0.05, 0.1) is 11.3 Å². The number of aliphatic hydroxyl groups is 1. The smallest absolute Gasteiger partial charge is 0.133 e. The number of hydrogen-bond acceptors (Lipinski definition) is 3. The van der Waals surface area contributed by atoms with Gasteiger partial charge in [0.25, 0.3) is 0 Å². The molecule has 3 rings (SSSR count). The van der Waals surface area contributed by atoms with Crippen LogP contribution in [0.2, 0.25) is 10.2 Å². The highest BCUT2D eigenvalue weighted by Gasteiger charge is 2.25. The van der Waals surface area contributed by atoms with E-state index in [1.165, 1.54) is 4.68 Å². The Bertz CT molecular complexity index is 847. The van der Waals surface area contributed by atoms with Crippen LogP contribution in [0.1, 0.15) is 22.8 Å². The molecule has 0 saturated carbocycles. The Morgan fingerprint density at radius 3 is 2.61 bits per heavy atom. The van der Waals surface area contributed by atoms with E-state index in [1.807, 2.05) is 31.2 Å². The first-order chi connectivity index (χ1) is 11.0. The lowest BCUT2D eigenvalue weighted by atomic mass is 9.97. The standard InChI is InChI=1S/C17H15Cl2N3O/c1-10-9-11(18)6-7-12(10)16(23)14-15(21-22(2)17(14)19)13-5-3-4-8-20-13/h3-9,16,23H,1-2H3. The molecule has 0 radical (unpaired) electrons. The summed E-state index contributed by atoms with van der Waals surface area (Å²) in [5.74, 6) is 0. The fourth-order valence-electron chi connectivity index (χ4n) is 2.56. The highest BCUT2D eigenvalue weighted by Crippen LogP contribution is 2.36. The van der Waals surface area contributed by atoms with E-state index in [0.717, 1.165) is 11.1 Å². The number of rotatable bonds is 3. The van der Waals surface area contributed by atoms with Crippen LogP contribution in [-0.4, -0.2) is 19.9 Å². The molecule has 0 bridgehead atoms. The number of nitrogens with zero attached hydrogens (tertiary/aromatic N) is 3. The monoisotopic (exact) mass is 347 g/mol. The first-order valence-electron chi connectivity index (χ1n) is 7.07. The Labute approximate surface area is 144 Å². The summed E-state index contributed by atoms with van der Waals surface area (Å²) in [7, 11) is 1.74. The van der Waals surface area contributed by atoms with Crippen LogP contribution in [0, 0.1) is 6.92 Å². The summed E-state index contributed by atoms with van der Waals surface area (Å²) in [6, 6.07) is 10.9. The summed E-state index contributed by atoms with van der Waals surface area (Å²) >= 11 is 12.4. The van der Waals surface area contributed by atoms with Crippen molar-refractivity contribution in [3.05, 3.63) is 69.5 Å². The van der Waals surface area contributed by atoms with Gasteiger partial charge in [0, 0.05) is 18.3 Å². The topological polar surface area (TPSA) is 50.9 Å². The van der Waals surface area contributed by atoms with Crippen LogP contribution in [0.3, 0.4) is 0 Å². The van der Waals surface area contributed by atoms with Gasteiger partial charge in [-0.3, -0.25) is 9.67 Å². The SMILES string of the molecule is Cc1cc(Cl)ccc1C(O)c1c(-c2ccccn2)nn(C)c1Cl. The Morgan fingerprint density at radius 2 is 1.96 bits per heavy atom. The van der Waals surface area contributed by atoms with Crippen LogP contribution in [0.15, 0.2) is 42.6 Å². The van der Waals surface area contributed by atoms with Crippen molar-refractivity contribution < 1.29 is 5.11 Å². The quantitative estimate of drug-likeness (QED) is 0.773. The minimum Gasteiger partial charge on any atom is -0.383 e. The zero-order chi connectivity index (χ0) is 16.6. The van der Waals surface area contributed by atoms with Gasteiger partial charge < -0.3 is 5.11 Å². The van der Waals surface area contributed by atoms with Gasteiger partial charge in [0.2, 0.25) is 0 Å². The van der Waals surface area contributed by atoms with E-state index in [2.05, 4.69) is 10.1 Å². The van der Waals surface area contributed by atoms with Gasteiger partial charge in [-0.2, -0.15) is 5.10 Å². The zero-order valence-electron chi connectivity index (χ0n) is 12.7. The second-order valence-electron chi connectivity index (χ2n) is 5.30. The van der Waals surface area contributed by atoms with Gasteiger partial charge >= 0.3 is 0 Å². The van der Waals surface area contributed by atoms with Crippen LogP contribution in [0.4, 0.5) is 0 Å². The number of aryl methyl sites for hydroxylation is 2. The highest BCUT2D eigenvalue weighted by molar-refractivity contribution is 6.31. The van der Waals surface area contributed by atoms with Crippen molar-refractivity contribution >= 4 is 23.2 Å². The van der Waals surface area contributed by atoms with Crippen molar-refractivity contribution in [3.8, 4) is 11.4 Å². The molecule has 0 saturated heterocycles. The van der Waals surface area contributed by atoms with Crippen molar-refractivity contribution in [1.82, 2.24) is 14.8 Å². The van der Waals surface area contributed by atoms with Gasteiger partial charge in [-0.15, -0.1) is 0 Å². The van der Waals surface area contributed by atoms with Crippen molar-refractivity contribution in [1.29, 1.82) is 0 Å². The molecule has 3 aromatic rings. The van der Waals surface area contributed by atoms with Crippen LogP contribution in [-0.2, 0) is 7.05 Å². The molecule has 118 valence electrons. The number of benzene rings is 1. The fourth-order valence-corrected chi connectivity index (χ4v) is 3.01. The number of halogens is 2. The maximum absolute atomic E-state index is 10.9. The van der Waals surface area contributed by atoms with E-state index in [-0.39, 0.29) is 0 Å². The molecule has 0 aliphatic heterocycles. The van der Waals surface area contributed by atoms with Gasteiger partial charge in [0.1, 0.15) is 17.0 Å². The second-order valence-corrected chi connectivity index (χ2v) is 6.09. The van der Waals surface area contributed by atoms with Crippen molar-refractivity contribution in [3.63, 3.8) is 0 Å². The number of pyridine rings is 1. The van der Waals surface area contributed by atoms with Crippen molar-refractivity contribution in [2.24, 2.45) is 7.05 Å². The minimum atomic E-state index is -0.912. The molecule has 0 fully saturated rings. The van der Waals surface area contributed by atoms with E-state index < -0.39 is 6.10 Å². The second kappa shape index (κ2) is 6.32. The van der Waals surface area contributed by atoms with Crippen molar-refractivity contribution in [2.45, 2.75) is 13.0 Å². The average molecular weight is 348 g/mol. The Kier molecular flexibility index (Phi) is 4.39. The molecular weight excluding hydrogens is 333 g/mol. The largest absolute Gasteiger partial charge is 0.383 e. The molecule has 0 spiro atoms. The first kappa shape index (κ1) is 16.0. The lowest BCUT2D eigenvalue weighted by Crippen LogP contribution is -2.04. The molecular formula is C17H15Cl2N3O. The number of aromatic nitrogens is 3. The lowest BCUT2D eigenvalue weighted by molar-refractivity contribution is 0.220. The molecule has 4 nitrogen and oxygen atoms in total. The summed E-state index contributed by atoms with van der Waals surface area (Å²) in [4.78, 5) is 4.31. The average Bonchev–Trinajstić information content (AvgIpc) is 2.83. The van der Waals surface area contributed by atoms with Crippen LogP contribution < -0.4 is 0 Å². The summed E-state index contributed by atoms with van der Waals surface area (Å²) in [6.07, 6.45) is 0.771. The summed E-state index contributed by atoms with van der Waals surface area (Å²) in [5.41, 5.74) is 3.40. The minimum absolute atomic E-state index is 0.382. The van der Waals surface area contributed by atoms with E-state index in [0.29, 0.717) is 27.1 Å². The summed E-state index contributed by atoms with van der Waals surface area (Å²) < 4.78 is 1.54. The molecule has 1 N–H and O–H groups in total. The Balaban J connectivity index is 2.16. The predicted molar refractivity (Wildman–Crippen MR) is 91.7 cm³/mol. The molecule has 2 heterocycles. The Hall–Kier alpha value is -1.88. The molecule has 23 heavy (non-hydrogen) atoms. The predicted octanol–water partition coefficient (Wildman–Crippen LogP) is 4.18. The molecule has 0 aliphatic rings. The maximum Gasteiger partial charge on any atom is 0.133 e. The van der Waals surface area contributed by atoms with Gasteiger partial charge in [0.15, 0.2) is 0 Å². The Morgan fingerprint density at radius 1 is 1.17 bits per heavy atom. The van der Waals surface area contributed by atoms with E-state index in [9.17, 15) is 5.11 Å². The highest BCUT2D eigenvalue weighted by atomic mass is 35.5. The zero-order valence-corrected chi connectivity index (χ0v) is 14.2. The van der Waals surface area contributed by atoms with Gasteiger partial charge in [-0.1, -0.05) is 35.3 Å². The van der Waals surface area contributed by atoms with Crippen molar-refractivity contribution in [2.75, 3.05) is 0 Å². The molecule has 1 unspecified atom stereocenters. The van der Waals surface area contributed by atoms with Crippen LogP contribution >= 0.6 is 23.2 Å². The van der Waals surface area contributed by atoms with E-state index >= 15 is 0 Å². The normalized spacial score (nSPS) is 12.4. The molecule has 0 amide bonds. The third kappa shape index (κ3) is 2.98.